The summed E-state index contributed by atoms with van der Waals surface area (Å²) in [6.07, 6.45) is 0. The first-order valence-corrected chi connectivity index (χ1v) is 5.41. The Balaban J connectivity index is 2.66. The SMILES string of the molecule is CN(Cc1nnsc1Cl)C(C)(C)CO. The highest BCUT2D eigenvalue weighted by Gasteiger charge is 2.23. The number of hydrogen-bond donors (Lipinski definition) is 1. The number of halogens is 1. The lowest BCUT2D eigenvalue weighted by Gasteiger charge is -2.33. The first kappa shape index (κ1) is 11.8. The van der Waals surface area contributed by atoms with Gasteiger partial charge in [0, 0.05) is 23.6 Å². The van der Waals surface area contributed by atoms with Crippen LogP contribution in [-0.4, -0.2) is 38.8 Å². The zero-order chi connectivity index (χ0) is 10.8. The third-order valence-corrected chi connectivity index (χ3v) is 3.30. The smallest absolute Gasteiger partial charge is 0.138 e. The molecule has 0 amide bonds. The van der Waals surface area contributed by atoms with Crippen molar-refractivity contribution in [3.63, 3.8) is 0 Å². The van der Waals surface area contributed by atoms with E-state index in [1.807, 2.05) is 25.8 Å². The van der Waals surface area contributed by atoms with Gasteiger partial charge in [0.1, 0.15) is 10.0 Å². The summed E-state index contributed by atoms with van der Waals surface area (Å²) in [4.78, 5) is 2.00. The van der Waals surface area contributed by atoms with Crippen molar-refractivity contribution in [2.75, 3.05) is 13.7 Å². The van der Waals surface area contributed by atoms with Crippen LogP contribution in [0.1, 0.15) is 19.5 Å². The number of aliphatic hydroxyl groups is 1. The summed E-state index contributed by atoms with van der Waals surface area (Å²) in [5, 5.41) is 13.1. The molecule has 80 valence electrons. The molecule has 6 heteroatoms. The van der Waals surface area contributed by atoms with Crippen LogP contribution in [-0.2, 0) is 6.54 Å². The van der Waals surface area contributed by atoms with Gasteiger partial charge in [-0.25, -0.2) is 0 Å². The third-order valence-electron chi connectivity index (χ3n) is 2.32. The maximum absolute atomic E-state index is 9.15. The Kier molecular flexibility index (Phi) is 3.83. The summed E-state index contributed by atoms with van der Waals surface area (Å²) in [5.41, 5.74) is 0.494. The first-order chi connectivity index (χ1) is 6.47. The molecular weight excluding hydrogens is 222 g/mol. The molecule has 0 aliphatic carbocycles. The molecule has 0 saturated heterocycles. The summed E-state index contributed by atoms with van der Waals surface area (Å²) in [6, 6.07) is 0. The number of rotatable bonds is 4. The molecule has 0 unspecified atom stereocenters. The van der Waals surface area contributed by atoms with Crippen LogP contribution < -0.4 is 0 Å². The Morgan fingerprint density at radius 1 is 1.57 bits per heavy atom. The molecule has 1 aromatic rings. The highest BCUT2D eigenvalue weighted by molar-refractivity contribution is 7.10. The molecular formula is C8H14ClN3OS. The van der Waals surface area contributed by atoms with Crippen LogP contribution in [0.4, 0.5) is 0 Å². The van der Waals surface area contributed by atoms with Crippen LogP contribution in [0.3, 0.4) is 0 Å². The predicted molar refractivity (Wildman–Crippen MR) is 57.6 cm³/mol. The Bertz CT molecular complexity index is 303. The van der Waals surface area contributed by atoms with Crippen molar-refractivity contribution in [3.8, 4) is 0 Å². The number of hydrogen-bond acceptors (Lipinski definition) is 5. The summed E-state index contributed by atoms with van der Waals surface area (Å²) in [5.74, 6) is 0. The molecule has 0 radical (unpaired) electrons. The number of nitrogens with zero attached hydrogens (tertiary/aromatic N) is 3. The van der Waals surface area contributed by atoms with Crippen molar-refractivity contribution in [1.29, 1.82) is 0 Å². The van der Waals surface area contributed by atoms with Crippen molar-refractivity contribution in [3.05, 3.63) is 10.0 Å². The van der Waals surface area contributed by atoms with Crippen LogP contribution in [0.15, 0.2) is 0 Å². The fourth-order valence-electron chi connectivity index (χ4n) is 0.851. The second-order valence-corrected chi connectivity index (χ2v) is 5.18. The molecule has 0 fully saturated rings. The van der Waals surface area contributed by atoms with Gasteiger partial charge in [-0.15, -0.1) is 5.10 Å². The van der Waals surface area contributed by atoms with Gasteiger partial charge in [-0.2, -0.15) is 0 Å². The molecule has 0 aromatic carbocycles. The van der Waals surface area contributed by atoms with Crippen molar-refractivity contribution in [1.82, 2.24) is 14.5 Å². The normalized spacial score (nSPS) is 12.4. The minimum Gasteiger partial charge on any atom is -0.394 e. The van der Waals surface area contributed by atoms with E-state index >= 15 is 0 Å². The highest BCUT2D eigenvalue weighted by atomic mass is 35.5. The second kappa shape index (κ2) is 4.53. The summed E-state index contributed by atoms with van der Waals surface area (Å²) in [6.45, 7) is 4.61. The standard InChI is InChI=1S/C8H14ClN3OS/c1-8(2,5-13)12(3)4-6-7(9)14-11-10-6/h13H,4-5H2,1-3H3. The van der Waals surface area contributed by atoms with E-state index in [4.69, 9.17) is 16.7 Å². The molecule has 0 spiro atoms. The quantitative estimate of drug-likeness (QED) is 0.857. The van der Waals surface area contributed by atoms with E-state index < -0.39 is 0 Å². The summed E-state index contributed by atoms with van der Waals surface area (Å²) >= 11 is 7.06. The lowest BCUT2D eigenvalue weighted by Crippen LogP contribution is -2.43. The number of likely N-dealkylation sites (N-methyl/N-ethyl adjacent to an activating group) is 1. The third kappa shape index (κ3) is 2.63. The Morgan fingerprint density at radius 2 is 2.21 bits per heavy atom. The van der Waals surface area contributed by atoms with Crippen LogP contribution >= 0.6 is 23.1 Å². The maximum Gasteiger partial charge on any atom is 0.138 e. The van der Waals surface area contributed by atoms with E-state index in [9.17, 15) is 0 Å². The van der Waals surface area contributed by atoms with Crippen molar-refractivity contribution < 1.29 is 5.11 Å². The minimum atomic E-state index is -0.271. The van der Waals surface area contributed by atoms with Gasteiger partial charge in [0.25, 0.3) is 0 Å². The van der Waals surface area contributed by atoms with Gasteiger partial charge in [-0.1, -0.05) is 16.1 Å². The van der Waals surface area contributed by atoms with Crippen LogP contribution in [0.2, 0.25) is 4.34 Å². The largest absolute Gasteiger partial charge is 0.394 e. The van der Waals surface area contributed by atoms with Crippen LogP contribution in [0.25, 0.3) is 0 Å². The lowest BCUT2D eigenvalue weighted by molar-refractivity contribution is 0.0725. The molecule has 14 heavy (non-hydrogen) atoms. The Labute approximate surface area is 92.7 Å². The predicted octanol–water partition coefficient (Wildman–Crippen LogP) is 1.39. The van der Waals surface area contributed by atoms with E-state index in [0.29, 0.717) is 10.9 Å². The van der Waals surface area contributed by atoms with Crippen molar-refractivity contribution in [2.24, 2.45) is 0 Å². The van der Waals surface area contributed by atoms with Gasteiger partial charge in [-0.3, -0.25) is 4.90 Å². The van der Waals surface area contributed by atoms with Gasteiger partial charge < -0.3 is 5.11 Å². The Hall–Kier alpha value is -0.230. The maximum atomic E-state index is 9.15. The van der Waals surface area contributed by atoms with Crippen LogP contribution in [0, 0.1) is 0 Å². The van der Waals surface area contributed by atoms with Gasteiger partial charge in [0.15, 0.2) is 0 Å². The van der Waals surface area contributed by atoms with E-state index in [2.05, 4.69) is 9.59 Å². The van der Waals surface area contributed by atoms with Crippen molar-refractivity contribution >= 4 is 23.1 Å². The molecule has 0 bridgehead atoms. The molecule has 1 rings (SSSR count). The zero-order valence-electron chi connectivity index (χ0n) is 8.49. The monoisotopic (exact) mass is 235 g/mol. The fraction of sp³-hybridized carbons (Fsp3) is 0.750. The molecule has 1 heterocycles. The van der Waals surface area contributed by atoms with E-state index in [1.165, 1.54) is 11.5 Å². The van der Waals surface area contributed by atoms with Gasteiger partial charge in [0.05, 0.1) is 6.61 Å². The fourth-order valence-corrected chi connectivity index (χ4v) is 1.46. The molecule has 0 saturated carbocycles. The average molecular weight is 236 g/mol. The van der Waals surface area contributed by atoms with Gasteiger partial charge >= 0.3 is 0 Å². The molecule has 0 aliphatic heterocycles. The van der Waals surface area contributed by atoms with E-state index in [-0.39, 0.29) is 12.1 Å². The molecule has 4 nitrogen and oxygen atoms in total. The topological polar surface area (TPSA) is 49.2 Å². The number of aliphatic hydroxyl groups excluding tert-OH is 1. The molecule has 1 aromatic heterocycles. The van der Waals surface area contributed by atoms with Gasteiger partial charge in [0.2, 0.25) is 0 Å². The first-order valence-electron chi connectivity index (χ1n) is 4.26. The summed E-state index contributed by atoms with van der Waals surface area (Å²) < 4.78 is 4.37. The van der Waals surface area contributed by atoms with Gasteiger partial charge in [-0.05, 0) is 20.9 Å². The number of aromatic nitrogens is 2. The van der Waals surface area contributed by atoms with Crippen LogP contribution in [0.5, 0.6) is 0 Å². The zero-order valence-corrected chi connectivity index (χ0v) is 10.1. The van der Waals surface area contributed by atoms with Crippen molar-refractivity contribution in [2.45, 2.75) is 25.9 Å². The highest BCUT2D eigenvalue weighted by Crippen LogP contribution is 2.21. The minimum absolute atomic E-state index is 0.0959. The molecule has 0 atom stereocenters. The van der Waals surface area contributed by atoms with E-state index in [0.717, 1.165) is 5.69 Å². The lowest BCUT2D eigenvalue weighted by atomic mass is 10.1. The molecule has 0 aliphatic rings. The second-order valence-electron chi connectivity index (χ2n) is 3.82. The summed E-state index contributed by atoms with van der Waals surface area (Å²) in [7, 11) is 1.92. The molecule has 1 N–H and O–H groups in total. The average Bonchev–Trinajstić information content (AvgIpc) is 2.52. The van der Waals surface area contributed by atoms with E-state index in [1.54, 1.807) is 0 Å². The Morgan fingerprint density at radius 3 is 2.64 bits per heavy atom.